The zero-order chi connectivity index (χ0) is 20.0. The average molecular weight is 391 g/mol. The molecular weight excluding hydrogens is 366 g/mol. The van der Waals surface area contributed by atoms with Crippen LogP contribution in [0.5, 0.6) is 11.5 Å². The predicted molar refractivity (Wildman–Crippen MR) is 107 cm³/mol. The van der Waals surface area contributed by atoms with E-state index in [1.54, 1.807) is 25.5 Å². The average Bonchev–Trinajstić information content (AvgIpc) is 3.10. The van der Waals surface area contributed by atoms with E-state index in [1.807, 2.05) is 37.1 Å². The number of nitrogens with two attached hydrogens (primary N) is 1. The lowest BCUT2D eigenvalue weighted by molar-refractivity contribution is -0.120. The fourth-order valence-corrected chi connectivity index (χ4v) is 3.32. The number of hydrogen-bond donors (Lipinski definition) is 2. The molecule has 0 spiro atoms. The van der Waals surface area contributed by atoms with Crippen LogP contribution in [0.2, 0.25) is 0 Å². The van der Waals surface area contributed by atoms with Crippen LogP contribution >= 0.6 is 11.3 Å². The van der Waals surface area contributed by atoms with Crippen molar-refractivity contribution >= 4 is 28.2 Å². The first-order valence-electron chi connectivity index (χ1n) is 8.55. The van der Waals surface area contributed by atoms with Gasteiger partial charge in [0.05, 0.1) is 25.3 Å². The number of nitrogens with zero attached hydrogens (tertiary/aromatic N) is 1. The summed E-state index contributed by atoms with van der Waals surface area (Å²) in [6, 6.07) is 6.89. The van der Waals surface area contributed by atoms with Crippen LogP contribution in [0.15, 0.2) is 29.6 Å². The molecule has 1 heterocycles. The van der Waals surface area contributed by atoms with E-state index in [-0.39, 0.29) is 5.91 Å². The Bertz CT molecular complexity index is 806. The van der Waals surface area contributed by atoms with Crippen LogP contribution in [0.4, 0.5) is 5.00 Å². The van der Waals surface area contributed by atoms with Crippen molar-refractivity contribution in [1.29, 1.82) is 0 Å². The zero-order valence-corrected chi connectivity index (χ0v) is 16.8. The molecule has 1 atom stereocenters. The number of primary amides is 1. The first kappa shape index (κ1) is 20.7. The Labute approximate surface area is 163 Å². The van der Waals surface area contributed by atoms with Gasteiger partial charge in [-0.3, -0.25) is 14.5 Å². The van der Waals surface area contributed by atoms with Crippen LogP contribution in [0.25, 0.3) is 0 Å². The molecular formula is C19H25N3O4S. The molecule has 8 heteroatoms. The van der Waals surface area contributed by atoms with Gasteiger partial charge in [0.15, 0.2) is 11.5 Å². The van der Waals surface area contributed by atoms with Gasteiger partial charge in [-0.05, 0) is 50.0 Å². The number of carbonyl (C=O) groups is 2. The van der Waals surface area contributed by atoms with Gasteiger partial charge in [0.2, 0.25) is 5.91 Å². The maximum Gasteiger partial charge on any atom is 0.251 e. The van der Waals surface area contributed by atoms with Crippen molar-refractivity contribution < 1.29 is 19.1 Å². The maximum absolute atomic E-state index is 12.5. The molecule has 0 aliphatic heterocycles. The Morgan fingerprint density at radius 2 is 2.04 bits per heavy atom. The summed E-state index contributed by atoms with van der Waals surface area (Å²) in [6.07, 6.45) is 0. The van der Waals surface area contributed by atoms with Crippen molar-refractivity contribution in [3.8, 4) is 11.5 Å². The topological polar surface area (TPSA) is 93.9 Å². The van der Waals surface area contributed by atoms with Crippen molar-refractivity contribution in [2.45, 2.75) is 26.4 Å². The highest BCUT2D eigenvalue weighted by molar-refractivity contribution is 7.14. The minimum absolute atomic E-state index is 0.208. The van der Waals surface area contributed by atoms with Gasteiger partial charge in [0.25, 0.3) is 5.91 Å². The maximum atomic E-state index is 12.5. The second-order valence-electron chi connectivity index (χ2n) is 6.03. The molecule has 0 saturated carbocycles. The molecule has 3 N–H and O–H groups in total. The third kappa shape index (κ3) is 5.21. The molecule has 7 nitrogen and oxygen atoms in total. The van der Waals surface area contributed by atoms with Gasteiger partial charge >= 0.3 is 0 Å². The number of rotatable bonds is 9. The van der Waals surface area contributed by atoms with Crippen LogP contribution in [-0.2, 0) is 11.3 Å². The fourth-order valence-electron chi connectivity index (χ4n) is 2.53. The molecule has 0 fully saturated rings. The summed E-state index contributed by atoms with van der Waals surface area (Å²) in [5.74, 6) is 0.577. The van der Waals surface area contributed by atoms with E-state index in [0.717, 1.165) is 5.56 Å². The fraction of sp³-hybridized carbons (Fsp3) is 0.368. The lowest BCUT2D eigenvalue weighted by Gasteiger charge is -2.24. The summed E-state index contributed by atoms with van der Waals surface area (Å²) in [4.78, 5) is 25.8. The second-order valence-corrected chi connectivity index (χ2v) is 6.94. The van der Waals surface area contributed by atoms with Gasteiger partial charge in [0, 0.05) is 6.54 Å². The van der Waals surface area contributed by atoms with Gasteiger partial charge in [-0.2, -0.15) is 0 Å². The Balaban J connectivity index is 2.04. The monoisotopic (exact) mass is 391 g/mol. The van der Waals surface area contributed by atoms with Crippen LogP contribution < -0.4 is 20.5 Å². The number of carbonyl (C=O) groups excluding carboxylic acids is 2. The van der Waals surface area contributed by atoms with Gasteiger partial charge in [-0.15, -0.1) is 11.3 Å². The van der Waals surface area contributed by atoms with Crippen molar-refractivity contribution in [3.63, 3.8) is 0 Å². The number of likely N-dealkylation sites (N-methyl/N-ethyl adjacent to an activating group) is 1. The summed E-state index contributed by atoms with van der Waals surface area (Å²) in [6.45, 7) is 4.82. The van der Waals surface area contributed by atoms with Gasteiger partial charge in [0.1, 0.15) is 5.00 Å². The quantitative estimate of drug-likeness (QED) is 0.685. The SMILES string of the molecule is CCOc1ccc(CN(C)[C@H](C)C(=O)Nc2sccc2C(N)=O)cc1OC. The highest BCUT2D eigenvalue weighted by atomic mass is 32.1. The van der Waals surface area contributed by atoms with Crippen LogP contribution in [0.1, 0.15) is 29.8 Å². The smallest absolute Gasteiger partial charge is 0.251 e. The van der Waals surface area contributed by atoms with Gasteiger partial charge < -0.3 is 20.5 Å². The van der Waals surface area contributed by atoms with E-state index in [9.17, 15) is 9.59 Å². The van der Waals surface area contributed by atoms with E-state index in [1.165, 1.54) is 11.3 Å². The van der Waals surface area contributed by atoms with E-state index in [4.69, 9.17) is 15.2 Å². The summed E-state index contributed by atoms with van der Waals surface area (Å²) in [5.41, 5.74) is 6.63. The third-order valence-electron chi connectivity index (χ3n) is 4.17. The molecule has 0 bridgehead atoms. The van der Waals surface area contributed by atoms with Gasteiger partial charge in [-0.25, -0.2) is 0 Å². The molecule has 0 radical (unpaired) electrons. The molecule has 0 aliphatic carbocycles. The summed E-state index contributed by atoms with van der Waals surface area (Å²) >= 11 is 1.27. The molecule has 0 aliphatic rings. The summed E-state index contributed by atoms with van der Waals surface area (Å²) in [5, 5.41) is 4.97. The number of thiophene rings is 1. The lowest BCUT2D eigenvalue weighted by atomic mass is 10.1. The number of amides is 2. The van der Waals surface area contributed by atoms with Crippen molar-refractivity contribution in [1.82, 2.24) is 4.90 Å². The first-order chi connectivity index (χ1) is 12.9. The largest absolute Gasteiger partial charge is 0.493 e. The van der Waals surface area contributed by atoms with Crippen molar-refractivity contribution in [2.24, 2.45) is 5.73 Å². The second kappa shape index (κ2) is 9.38. The Kier molecular flexibility index (Phi) is 7.20. The standard InChI is InChI=1S/C19H25N3O4S/c1-5-26-15-7-6-13(10-16(15)25-4)11-22(3)12(2)18(24)21-19-14(17(20)23)8-9-27-19/h6-10,12H,5,11H2,1-4H3,(H2,20,23)(H,21,24)/t12-/m1/s1. The van der Waals surface area contributed by atoms with Gasteiger partial charge in [-0.1, -0.05) is 6.07 Å². The number of benzene rings is 1. The Hall–Kier alpha value is -2.58. The minimum Gasteiger partial charge on any atom is -0.493 e. The summed E-state index contributed by atoms with van der Waals surface area (Å²) in [7, 11) is 3.45. The first-order valence-corrected chi connectivity index (χ1v) is 9.43. The van der Waals surface area contributed by atoms with E-state index in [2.05, 4.69) is 5.32 Å². The minimum atomic E-state index is -0.561. The molecule has 2 amide bonds. The number of hydrogen-bond acceptors (Lipinski definition) is 6. The number of ether oxygens (including phenoxy) is 2. The molecule has 2 rings (SSSR count). The molecule has 0 unspecified atom stereocenters. The van der Waals surface area contributed by atoms with E-state index < -0.39 is 11.9 Å². The zero-order valence-electron chi connectivity index (χ0n) is 15.9. The molecule has 27 heavy (non-hydrogen) atoms. The lowest BCUT2D eigenvalue weighted by Crippen LogP contribution is -2.39. The van der Waals surface area contributed by atoms with Crippen LogP contribution in [0, 0.1) is 0 Å². The Morgan fingerprint density at radius 1 is 1.30 bits per heavy atom. The van der Waals surface area contributed by atoms with Crippen molar-refractivity contribution in [2.75, 3.05) is 26.1 Å². The number of methoxy groups -OCH3 is 1. The van der Waals surface area contributed by atoms with Crippen LogP contribution in [-0.4, -0.2) is 43.5 Å². The molecule has 1 aromatic heterocycles. The molecule has 2 aromatic rings. The van der Waals surface area contributed by atoms with E-state index >= 15 is 0 Å². The highest BCUT2D eigenvalue weighted by Crippen LogP contribution is 2.29. The predicted octanol–water partition coefficient (Wildman–Crippen LogP) is 2.71. The molecule has 146 valence electrons. The Morgan fingerprint density at radius 3 is 2.67 bits per heavy atom. The molecule has 0 saturated heterocycles. The third-order valence-corrected chi connectivity index (χ3v) is 5.00. The van der Waals surface area contributed by atoms with Crippen molar-refractivity contribution in [3.05, 3.63) is 40.8 Å². The number of anilines is 1. The molecule has 1 aromatic carbocycles. The normalized spacial score (nSPS) is 11.9. The van der Waals surface area contributed by atoms with Crippen LogP contribution in [0.3, 0.4) is 0 Å². The number of nitrogens with one attached hydrogen (secondary N) is 1. The van der Waals surface area contributed by atoms with E-state index in [0.29, 0.717) is 35.2 Å². The highest BCUT2D eigenvalue weighted by Gasteiger charge is 2.21. The summed E-state index contributed by atoms with van der Waals surface area (Å²) < 4.78 is 10.9.